The van der Waals surface area contributed by atoms with Gasteiger partial charge in [-0.25, -0.2) is 4.98 Å². The summed E-state index contributed by atoms with van der Waals surface area (Å²) in [7, 11) is 0. The van der Waals surface area contributed by atoms with Crippen LogP contribution < -0.4 is 5.32 Å². The molecule has 5 rings (SSSR count). The van der Waals surface area contributed by atoms with Crippen LogP contribution in [-0.4, -0.2) is 19.6 Å². The number of nitrogens with zero attached hydrogens (tertiary/aromatic N) is 4. The molecular weight excluding hydrogens is 346 g/mol. The van der Waals surface area contributed by atoms with Gasteiger partial charge in [-0.2, -0.15) is 9.50 Å². The summed E-state index contributed by atoms with van der Waals surface area (Å²) in [6.45, 7) is 0. The number of rotatable bonds is 3. The van der Waals surface area contributed by atoms with Crippen molar-refractivity contribution in [2.45, 2.75) is 19.3 Å². The number of hydrogen-bond donors (Lipinski definition) is 1. The third-order valence-electron chi connectivity index (χ3n) is 4.65. The van der Waals surface area contributed by atoms with Crippen LogP contribution in [0.25, 0.3) is 17.2 Å². The van der Waals surface area contributed by atoms with E-state index >= 15 is 0 Å². The minimum atomic E-state index is 0.626. The monoisotopic (exact) mass is 361 g/mol. The van der Waals surface area contributed by atoms with E-state index < -0.39 is 0 Å². The zero-order valence-corrected chi connectivity index (χ0v) is 14.7. The molecule has 26 heavy (non-hydrogen) atoms. The minimum absolute atomic E-state index is 0.626. The predicted molar refractivity (Wildman–Crippen MR) is 103 cm³/mol. The van der Waals surface area contributed by atoms with Crippen LogP contribution in [0.3, 0.4) is 0 Å². The van der Waals surface area contributed by atoms with Crippen molar-refractivity contribution in [1.82, 2.24) is 19.6 Å². The van der Waals surface area contributed by atoms with Gasteiger partial charge in [0.1, 0.15) is 5.82 Å². The van der Waals surface area contributed by atoms with Crippen molar-refractivity contribution in [2.24, 2.45) is 0 Å². The topological polar surface area (TPSA) is 55.1 Å². The second kappa shape index (κ2) is 6.11. The van der Waals surface area contributed by atoms with E-state index in [1.165, 1.54) is 5.56 Å². The summed E-state index contributed by atoms with van der Waals surface area (Å²) < 4.78 is 1.82. The summed E-state index contributed by atoms with van der Waals surface area (Å²) in [6, 6.07) is 17.7. The molecule has 2 aromatic carbocycles. The molecule has 0 atom stereocenters. The van der Waals surface area contributed by atoms with Gasteiger partial charge in [-0.15, -0.1) is 5.10 Å². The first-order valence-corrected chi connectivity index (χ1v) is 9.02. The fourth-order valence-electron chi connectivity index (χ4n) is 3.39. The van der Waals surface area contributed by atoms with Crippen LogP contribution in [0.5, 0.6) is 0 Å². The maximum atomic E-state index is 6.01. The first-order chi connectivity index (χ1) is 12.8. The molecule has 0 fully saturated rings. The highest BCUT2D eigenvalue weighted by atomic mass is 35.5. The number of hydrogen-bond acceptors (Lipinski definition) is 4. The maximum Gasteiger partial charge on any atom is 0.254 e. The van der Waals surface area contributed by atoms with Crippen molar-refractivity contribution < 1.29 is 0 Å². The Kier molecular flexibility index (Phi) is 3.60. The number of aromatic nitrogens is 4. The summed E-state index contributed by atoms with van der Waals surface area (Å²) in [5, 5.41) is 8.95. The zero-order valence-electron chi connectivity index (χ0n) is 14.0. The van der Waals surface area contributed by atoms with Gasteiger partial charge in [0, 0.05) is 21.8 Å². The van der Waals surface area contributed by atoms with Crippen LogP contribution in [0.4, 0.5) is 11.5 Å². The molecule has 6 heteroatoms. The molecule has 0 spiro atoms. The molecule has 0 saturated heterocycles. The number of fused-ring (bicyclic) bond motifs is 2. The number of nitrogens with one attached hydrogen (secondary N) is 1. The Hall–Kier alpha value is -2.92. The van der Waals surface area contributed by atoms with Crippen LogP contribution in [0.2, 0.25) is 5.02 Å². The van der Waals surface area contributed by atoms with Gasteiger partial charge in [-0.3, -0.25) is 0 Å². The molecule has 0 saturated carbocycles. The van der Waals surface area contributed by atoms with Gasteiger partial charge in [0.05, 0.1) is 5.69 Å². The van der Waals surface area contributed by atoms with E-state index in [9.17, 15) is 0 Å². The molecule has 1 aliphatic carbocycles. The van der Waals surface area contributed by atoms with Gasteiger partial charge >= 0.3 is 0 Å². The Bertz CT molecular complexity index is 1090. The first-order valence-electron chi connectivity index (χ1n) is 8.64. The van der Waals surface area contributed by atoms with Gasteiger partial charge in [-0.05, 0) is 43.5 Å². The number of benzene rings is 2. The van der Waals surface area contributed by atoms with Crippen LogP contribution >= 0.6 is 11.6 Å². The lowest BCUT2D eigenvalue weighted by Crippen LogP contribution is -2.06. The predicted octanol–water partition coefficient (Wildman–Crippen LogP) is 4.68. The summed E-state index contributed by atoms with van der Waals surface area (Å²) in [5.74, 6) is 2.25. The standard InChI is InChI=1S/C20H16ClN5/c21-14-9-11-15(12-10-14)22-19-16-7-4-8-17(16)23-20-24-18(25-26(19)20)13-5-2-1-3-6-13/h1-3,5-6,9-12,22H,4,7-8H2. The molecule has 2 aromatic heterocycles. The van der Waals surface area contributed by atoms with E-state index in [4.69, 9.17) is 21.7 Å². The van der Waals surface area contributed by atoms with Gasteiger partial charge in [0.25, 0.3) is 5.78 Å². The summed E-state index contributed by atoms with van der Waals surface area (Å²) in [4.78, 5) is 9.40. The zero-order chi connectivity index (χ0) is 17.5. The largest absolute Gasteiger partial charge is 0.340 e. The van der Waals surface area contributed by atoms with Crippen LogP contribution in [-0.2, 0) is 12.8 Å². The molecule has 128 valence electrons. The molecule has 0 bridgehead atoms. The van der Waals surface area contributed by atoms with E-state index in [1.807, 2.05) is 59.1 Å². The highest BCUT2D eigenvalue weighted by Gasteiger charge is 2.22. The lowest BCUT2D eigenvalue weighted by atomic mass is 10.2. The Morgan fingerprint density at radius 3 is 2.54 bits per heavy atom. The molecule has 0 amide bonds. The highest BCUT2D eigenvalue weighted by Crippen LogP contribution is 2.31. The van der Waals surface area contributed by atoms with E-state index in [0.717, 1.165) is 42.0 Å². The molecule has 0 unspecified atom stereocenters. The Labute approximate surface area is 155 Å². The smallest absolute Gasteiger partial charge is 0.254 e. The summed E-state index contributed by atoms with van der Waals surface area (Å²) in [5.41, 5.74) is 4.28. The van der Waals surface area contributed by atoms with E-state index in [0.29, 0.717) is 16.6 Å². The van der Waals surface area contributed by atoms with Crippen molar-refractivity contribution in [2.75, 3.05) is 5.32 Å². The highest BCUT2D eigenvalue weighted by molar-refractivity contribution is 6.30. The van der Waals surface area contributed by atoms with Crippen molar-refractivity contribution in [1.29, 1.82) is 0 Å². The number of anilines is 2. The molecule has 2 heterocycles. The average molecular weight is 362 g/mol. The van der Waals surface area contributed by atoms with Gasteiger partial charge in [-0.1, -0.05) is 41.9 Å². The Balaban J connectivity index is 1.67. The fourth-order valence-corrected chi connectivity index (χ4v) is 3.51. The molecule has 0 radical (unpaired) electrons. The second-order valence-electron chi connectivity index (χ2n) is 6.38. The lowest BCUT2D eigenvalue weighted by molar-refractivity contribution is 0.900. The third kappa shape index (κ3) is 2.61. The third-order valence-corrected chi connectivity index (χ3v) is 4.90. The molecule has 1 N–H and O–H groups in total. The summed E-state index contributed by atoms with van der Waals surface area (Å²) >= 11 is 6.01. The second-order valence-corrected chi connectivity index (χ2v) is 6.82. The van der Waals surface area contributed by atoms with E-state index in [2.05, 4.69) is 10.3 Å². The van der Waals surface area contributed by atoms with Gasteiger partial charge < -0.3 is 5.32 Å². The van der Waals surface area contributed by atoms with Crippen molar-refractivity contribution in [3.05, 3.63) is 70.9 Å². The normalized spacial score (nSPS) is 13.1. The quantitative estimate of drug-likeness (QED) is 0.575. The average Bonchev–Trinajstić information content (AvgIpc) is 3.31. The first kappa shape index (κ1) is 15.3. The molecular formula is C20H16ClN5. The van der Waals surface area contributed by atoms with Gasteiger partial charge in [0.15, 0.2) is 5.82 Å². The Morgan fingerprint density at radius 1 is 0.923 bits per heavy atom. The SMILES string of the molecule is Clc1ccc(Nc2c3c(nc4nc(-c5ccccc5)nn24)CCC3)cc1. The minimum Gasteiger partial charge on any atom is -0.340 e. The van der Waals surface area contributed by atoms with E-state index in [1.54, 1.807) is 0 Å². The fraction of sp³-hybridized carbons (Fsp3) is 0.150. The van der Waals surface area contributed by atoms with Crippen LogP contribution in [0, 0.1) is 0 Å². The van der Waals surface area contributed by atoms with Crippen molar-refractivity contribution >= 4 is 28.9 Å². The number of halogens is 1. The van der Waals surface area contributed by atoms with Crippen molar-refractivity contribution in [3.63, 3.8) is 0 Å². The summed E-state index contributed by atoms with van der Waals surface area (Å²) in [6.07, 6.45) is 3.08. The maximum absolute atomic E-state index is 6.01. The molecule has 4 aromatic rings. The Morgan fingerprint density at radius 2 is 1.73 bits per heavy atom. The van der Waals surface area contributed by atoms with E-state index in [-0.39, 0.29) is 0 Å². The number of aryl methyl sites for hydroxylation is 1. The molecule has 0 aliphatic heterocycles. The van der Waals surface area contributed by atoms with Crippen molar-refractivity contribution in [3.8, 4) is 11.4 Å². The van der Waals surface area contributed by atoms with Crippen LogP contribution in [0.1, 0.15) is 17.7 Å². The lowest BCUT2D eigenvalue weighted by Gasteiger charge is -2.12. The van der Waals surface area contributed by atoms with Gasteiger partial charge in [0.2, 0.25) is 0 Å². The molecule has 5 nitrogen and oxygen atoms in total. The van der Waals surface area contributed by atoms with Crippen LogP contribution in [0.15, 0.2) is 54.6 Å². The molecule has 1 aliphatic rings.